The van der Waals surface area contributed by atoms with Crippen LogP contribution in [0.5, 0.6) is 0 Å². The Morgan fingerprint density at radius 1 is 1.48 bits per heavy atom. The monoisotopic (exact) mass is 371 g/mol. The quantitative estimate of drug-likeness (QED) is 0.793. The van der Waals surface area contributed by atoms with Crippen LogP contribution < -0.4 is 5.32 Å². The Morgan fingerprint density at radius 3 is 2.81 bits per heavy atom. The molecule has 3 nitrogen and oxygen atoms in total. The van der Waals surface area contributed by atoms with Crippen molar-refractivity contribution in [1.82, 2.24) is 5.32 Å². The van der Waals surface area contributed by atoms with Crippen LogP contribution in [0.4, 0.5) is 0 Å². The molecule has 0 aliphatic heterocycles. The van der Waals surface area contributed by atoms with Crippen LogP contribution >= 0.6 is 27.7 Å². The molecule has 2 rings (SSSR count). The number of nitrogens with one attached hydrogen (secondary N) is 1. The lowest BCUT2D eigenvalue weighted by Crippen LogP contribution is -2.54. The molecule has 0 aromatic heterocycles. The van der Waals surface area contributed by atoms with Crippen molar-refractivity contribution in [3.63, 3.8) is 0 Å². The van der Waals surface area contributed by atoms with Crippen LogP contribution in [-0.4, -0.2) is 30.4 Å². The van der Waals surface area contributed by atoms with Crippen molar-refractivity contribution in [1.29, 1.82) is 0 Å². The number of hydrogen-bond donors (Lipinski definition) is 1. The van der Waals surface area contributed by atoms with Gasteiger partial charge in [-0.3, -0.25) is 4.79 Å². The molecule has 1 aliphatic carbocycles. The van der Waals surface area contributed by atoms with Gasteiger partial charge in [0.25, 0.3) is 0 Å². The highest BCUT2D eigenvalue weighted by Crippen LogP contribution is 2.39. The molecule has 1 aromatic carbocycles. The number of ether oxygens (including phenoxy) is 1. The van der Waals surface area contributed by atoms with Crippen LogP contribution in [0.2, 0.25) is 0 Å². The first-order valence-electron chi connectivity index (χ1n) is 7.38. The molecule has 1 saturated carbocycles. The first-order chi connectivity index (χ1) is 10.1. The minimum Gasteiger partial charge on any atom is -0.465 e. The molecule has 0 saturated heterocycles. The minimum absolute atomic E-state index is 0.103. The number of benzene rings is 1. The number of carbonyl (C=O) groups excluding carboxylic acids is 1. The predicted molar refractivity (Wildman–Crippen MR) is 90.7 cm³/mol. The largest absolute Gasteiger partial charge is 0.465 e. The summed E-state index contributed by atoms with van der Waals surface area (Å²) >= 11 is 5.31. The van der Waals surface area contributed by atoms with Crippen LogP contribution in [0, 0.1) is 0 Å². The highest BCUT2D eigenvalue weighted by Gasteiger charge is 2.43. The van der Waals surface area contributed by atoms with E-state index in [1.54, 1.807) is 0 Å². The number of halogens is 1. The molecule has 0 heterocycles. The molecule has 2 atom stereocenters. The molecule has 1 N–H and O–H groups in total. The molecular formula is C16H22BrNO2S. The van der Waals surface area contributed by atoms with Crippen molar-refractivity contribution >= 4 is 33.7 Å². The van der Waals surface area contributed by atoms with Crippen molar-refractivity contribution in [3.05, 3.63) is 28.7 Å². The third-order valence-electron chi connectivity index (χ3n) is 3.97. The molecule has 1 fully saturated rings. The summed E-state index contributed by atoms with van der Waals surface area (Å²) in [6, 6.07) is 8.35. The van der Waals surface area contributed by atoms with Gasteiger partial charge in [0.05, 0.1) is 6.61 Å². The van der Waals surface area contributed by atoms with Crippen molar-refractivity contribution in [2.45, 2.75) is 48.3 Å². The molecule has 0 spiro atoms. The zero-order chi connectivity index (χ0) is 15.3. The molecule has 0 radical (unpaired) electrons. The molecule has 0 amide bonds. The van der Waals surface area contributed by atoms with E-state index in [1.807, 2.05) is 25.7 Å². The Hall–Kier alpha value is -0.520. The van der Waals surface area contributed by atoms with E-state index in [9.17, 15) is 4.79 Å². The maximum atomic E-state index is 12.3. The Morgan fingerprint density at radius 2 is 2.19 bits per heavy atom. The summed E-state index contributed by atoms with van der Waals surface area (Å²) in [5.74, 6) is -0.103. The minimum atomic E-state index is -0.513. The summed E-state index contributed by atoms with van der Waals surface area (Å²) in [5.41, 5.74) is -0.513. The van der Waals surface area contributed by atoms with Crippen molar-refractivity contribution in [2.24, 2.45) is 0 Å². The molecule has 1 aromatic rings. The SMILES string of the molecule is CCOC(=O)C1(NC)CCCC(Sc2ccc(Br)cc2)C1. The first kappa shape index (κ1) is 16.8. The number of hydrogen-bond acceptors (Lipinski definition) is 4. The lowest BCUT2D eigenvalue weighted by atomic mass is 9.81. The fraction of sp³-hybridized carbons (Fsp3) is 0.562. The fourth-order valence-corrected chi connectivity index (χ4v) is 4.41. The van der Waals surface area contributed by atoms with Gasteiger partial charge in [0.1, 0.15) is 5.54 Å². The maximum Gasteiger partial charge on any atom is 0.326 e. The van der Waals surface area contributed by atoms with E-state index in [2.05, 4.69) is 45.5 Å². The average Bonchev–Trinajstić information content (AvgIpc) is 2.50. The van der Waals surface area contributed by atoms with E-state index < -0.39 is 5.54 Å². The Labute approximate surface area is 139 Å². The van der Waals surface area contributed by atoms with Gasteiger partial charge in [-0.2, -0.15) is 0 Å². The van der Waals surface area contributed by atoms with Crippen LogP contribution in [0.15, 0.2) is 33.6 Å². The normalized spacial score (nSPS) is 25.6. The molecule has 21 heavy (non-hydrogen) atoms. The first-order valence-corrected chi connectivity index (χ1v) is 9.05. The summed E-state index contributed by atoms with van der Waals surface area (Å²) in [4.78, 5) is 13.5. The Kier molecular flexibility index (Phi) is 6.14. The van der Waals surface area contributed by atoms with E-state index in [0.29, 0.717) is 11.9 Å². The van der Waals surface area contributed by atoms with E-state index in [-0.39, 0.29) is 5.97 Å². The maximum absolute atomic E-state index is 12.3. The van der Waals surface area contributed by atoms with Gasteiger partial charge < -0.3 is 10.1 Å². The third-order valence-corrected chi connectivity index (χ3v) is 5.78. The van der Waals surface area contributed by atoms with E-state index >= 15 is 0 Å². The Bertz CT molecular complexity index is 480. The summed E-state index contributed by atoms with van der Waals surface area (Å²) in [7, 11) is 1.86. The number of likely N-dealkylation sites (N-methyl/N-ethyl adjacent to an activating group) is 1. The fourth-order valence-electron chi connectivity index (χ4n) is 2.81. The second-order valence-electron chi connectivity index (χ2n) is 5.34. The van der Waals surface area contributed by atoms with Gasteiger partial charge in [0, 0.05) is 14.6 Å². The van der Waals surface area contributed by atoms with Crippen LogP contribution in [0.1, 0.15) is 32.6 Å². The summed E-state index contributed by atoms with van der Waals surface area (Å²) in [6.45, 7) is 2.30. The lowest BCUT2D eigenvalue weighted by Gasteiger charge is -2.38. The van der Waals surface area contributed by atoms with Gasteiger partial charge in [-0.1, -0.05) is 15.9 Å². The third kappa shape index (κ3) is 4.24. The number of esters is 1. The molecule has 5 heteroatoms. The highest BCUT2D eigenvalue weighted by molar-refractivity contribution is 9.10. The van der Waals surface area contributed by atoms with Crippen LogP contribution in [0.25, 0.3) is 0 Å². The number of thioether (sulfide) groups is 1. The van der Waals surface area contributed by atoms with Crippen molar-refractivity contribution < 1.29 is 9.53 Å². The Balaban J connectivity index is 2.05. The predicted octanol–water partition coefficient (Wildman–Crippen LogP) is 4.01. The van der Waals surface area contributed by atoms with Gasteiger partial charge in [0.2, 0.25) is 0 Å². The molecule has 1 aliphatic rings. The second kappa shape index (κ2) is 7.65. The average molecular weight is 372 g/mol. The summed E-state index contributed by atoms with van der Waals surface area (Å²) in [6.07, 6.45) is 3.88. The molecule has 0 bridgehead atoms. The summed E-state index contributed by atoms with van der Waals surface area (Å²) in [5, 5.41) is 3.67. The zero-order valence-corrected chi connectivity index (χ0v) is 14.9. The second-order valence-corrected chi connectivity index (χ2v) is 7.63. The van der Waals surface area contributed by atoms with E-state index in [4.69, 9.17) is 4.74 Å². The number of rotatable bonds is 5. The standard InChI is InChI=1S/C16H22BrNO2S/c1-3-20-15(19)16(18-2)10-4-5-14(11-16)21-13-8-6-12(17)7-9-13/h6-9,14,18H,3-5,10-11H2,1-2H3. The highest BCUT2D eigenvalue weighted by atomic mass is 79.9. The van der Waals surface area contributed by atoms with Crippen LogP contribution in [-0.2, 0) is 9.53 Å². The van der Waals surface area contributed by atoms with Crippen LogP contribution in [0.3, 0.4) is 0 Å². The van der Waals surface area contributed by atoms with Gasteiger partial charge in [0.15, 0.2) is 0 Å². The van der Waals surface area contributed by atoms with Gasteiger partial charge >= 0.3 is 5.97 Å². The molecular weight excluding hydrogens is 350 g/mol. The zero-order valence-electron chi connectivity index (χ0n) is 12.5. The lowest BCUT2D eigenvalue weighted by molar-refractivity contribution is -0.152. The number of carbonyl (C=O) groups is 1. The molecule has 2 unspecified atom stereocenters. The van der Waals surface area contributed by atoms with Crippen molar-refractivity contribution in [2.75, 3.05) is 13.7 Å². The van der Waals surface area contributed by atoms with E-state index in [1.165, 1.54) is 4.90 Å². The topological polar surface area (TPSA) is 38.3 Å². The summed E-state index contributed by atoms with van der Waals surface area (Å²) < 4.78 is 6.36. The van der Waals surface area contributed by atoms with Gasteiger partial charge in [-0.15, -0.1) is 11.8 Å². The smallest absolute Gasteiger partial charge is 0.326 e. The van der Waals surface area contributed by atoms with Gasteiger partial charge in [-0.25, -0.2) is 0 Å². The van der Waals surface area contributed by atoms with E-state index in [0.717, 1.165) is 30.2 Å². The van der Waals surface area contributed by atoms with Crippen molar-refractivity contribution in [3.8, 4) is 0 Å². The van der Waals surface area contributed by atoms with Gasteiger partial charge in [-0.05, 0) is 63.9 Å². The molecule has 116 valence electrons.